The molecule has 1 aromatic carbocycles. The quantitative estimate of drug-likeness (QED) is 0.848. The number of hydrogen-bond donors (Lipinski definition) is 0. The Morgan fingerprint density at radius 1 is 0.913 bits per heavy atom. The van der Waals surface area contributed by atoms with Gasteiger partial charge in [0, 0.05) is 19.1 Å². The monoisotopic (exact) mass is 314 g/mol. The Morgan fingerprint density at radius 2 is 1.74 bits per heavy atom. The van der Waals surface area contributed by atoms with Crippen molar-refractivity contribution in [2.75, 3.05) is 32.7 Å². The fourth-order valence-corrected chi connectivity index (χ4v) is 4.54. The second-order valence-electron chi connectivity index (χ2n) is 7.54. The fraction of sp³-hybridized carbons (Fsp3) is 0.700. The molecule has 2 saturated heterocycles. The molecular weight excluding hydrogens is 284 g/mol. The van der Waals surface area contributed by atoms with Crippen LogP contribution in [0.1, 0.15) is 44.1 Å². The zero-order valence-corrected chi connectivity index (χ0v) is 14.3. The Kier molecular flexibility index (Phi) is 4.86. The van der Waals surface area contributed by atoms with E-state index >= 15 is 0 Å². The first-order valence-corrected chi connectivity index (χ1v) is 9.59. The van der Waals surface area contributed by atoms with E-state index in [0.29, 0.717) is 6.10 Å². The van der Waals surface area contributed by atoms with E-state index in [-0.39, 0.29) is 0 Å². The molecule has 0 N–H and O–H groups in total. The number of hydrogen-bond acceptors (Lipinski definition) is 3. The molecule has 23 heavy (non-hydrogen) atoms. The van der Waals surface area contributed by atoms with E-state index in [0.717, 1.165) is 18.3 Å². The van der Waals surface area contributed by atoms with Gasteiger partial charge in [0.15, 0.2) is 0 Å². The van der Waals surface area contributed by atoms with E-state index in [9.17, 15) is 0 Å². The summed E-state index contributed by atoms with van der Waals surface area (Å²) >= 11 is 0. The second kappa shape index (κ2) is 7.23. The highest BCUT2D eigenvalue weighted by atomic mass is 16.5. The first-order chi connectivity index (χ1) is 11.4. The number of piperidine rings is 1. The van der Waals surface area contributed by atoms with Gasteiger partial charge < -0.3 is 9.64 Å². The van der Waals surface area contributed by atoms with Crippen molar-refractivity contribution in [2.24, 2.45) is 0 Å². The number of aryl methyl sites for hydroxylation is 1. The van der Waals surface area contributed by atoms with Crippen molar-refractivity contribution in [3.05, 3.63) is 29.8 Å². The van der Waals surface area contributed by atoms with Crippen LogP contribution in [0.15, 0.2) is 24.3 Å². The summed E-state index contributed by atoms with van der Waals surface area (Å²) < 4.78 is 6.30. The lowest BCUT2D eigenvalue weighted by Gasteiger charge is -2.40. The van der Waals surface area contributed by atoms with Gasteiger partial charge >= 0.3 is 0 Å². The van der Waals surface area contributed by atoms with E-state index in [1.54, 1.807) is 0 Å². The Balaban J connectivity index is 1.36. The number of rotatable bonds is 4. The van der Waals surface area contributed by atoms with Crippen molar-refractivity contribution in [1.82, 2.24) is 9.80 Å². The third kappa shape index (κ3) is 3.72. The molecule has 2 fully saturated rings. The highest BCUT2D eigenvalue weighted by Crippen LogP contribution is 2.29. The Labute approximate surface area is 140 Å². The van der Waals surface area contributed by atoms with E-state index in [1.165, 1.54) is 76.7 Å². The molecule has 3 aliphatic rings. The predicted octanol–water partition coefficient (Wildman–Crippen LogP) is 3.33. The second-order valence-corrected chi connectivity index (χ2v) is 7.54. The number of nitrogens with zero attached hydrogens (tertiary/aromatic N) is 2. The van der Waals surface area contributed by atoms with Gasteiger partial charge in [0.25, 0.3) is 0 Å². The van der Waals surface area contributed by atoms with Crippen molar-refractivity contribution in [3.8, 4) is 5.75 Å². The van der Waals surface area contributed by atoms with Crippen molar-refractivity contribution in [1.29, 1.82) is 0 Å². The molecule has 0 spiro atoms. The Hall–Kier alpha value is -1.06. The first-order valence-electron chi connectivity index (χ1n) is 9.59. The summed E-state index contributed by atoms with van der Waals surface area (Å²) in [5, 5.41) is 0. The van der Waals surface area contributed by atoms with Crippen molar-refractivity contribution in [2.45, 2.75) is 57.1 Å². The largest absolute Gasteiger partial charge is 0.489 e. The van der Waals surface area contributed by atoms with E-state index in [2.05, 4.69) is 34.1 Å². The van der Waals surface area contributed by atoms with Crippen LogP contribution in [0.4, 0.5) is 0 Å². The maximum Gasteiger partial charge on any atom is 0.122 e. The van der Waals surface area contributed by atoms with E-state index in [1.807, 2.05) is 0 Å². The molecule has 0 aliphatic carbocycles. The minimum atomic E-state index is 0.379. The van der Waals surface area contributed by atoms with Crippen molar-refractivity contribution >= 4 is 0 Å². The summed E-state index contributed by atoms with van der Waals surface area (Å²) in [6.07, 6.45) is 9.66. The van der Waals surface area contributed by atoms with Crippen LogP contribution >= 0.6 is 0 Å². The normalized spacial score (nSPS) is 29.2. The van der Waals surface area contributed by atoms with Crippen LogP contribution in [0, 0.1) is 0 Å². The molecule has 3 nitrogen and oxygen atoms in total. The van der Waals surface area contributed by atoms with Crippen LogP contribution in [0.2, 0.25) is 0 Å². The first kappa shape index (κ1) is 15.5. The molecule has 0 amide bonds. The van der Waals surface area contributed by atoms with Gasteiger partial charge in [0.05, 0.1) is 0 Å². The van der Waals surface area contributed by atoms with E-state index < -0.39 is 0 Å². The number of ether oxygens (including phenoxy) is 1. The zero-order chi connectivity index (χ0) is 15.5. The maximum atomic E-state index is 6.30. The average molecular weight is 314 g/mol. The molecule has 3 heteroatoms. The SMILES string of the molecule is c1ccc2c(c1)CCC(CN1CCCCC1CN1CCCC1)O2. The fourth-order valence-electron chi connectivity index (χ4n) is 4.54. The van der Waals surface area contributed by atoms with Gasteiger partial charge in [-0.3, -0.25) is 4.90 Å². The van der Waals surface area contributed by atoms with Gasteiger partial charge in [-0.2, -0.15) is 0 Å². The van der Waals surface area contributed by atoms with Gasteiger partial charge in [-0.15, -0.1) is 0 Å². The summed E-state index contributed by atoms with van der Waals surface area (Å²) in [5.74, 6) is 1.12. The van der Waals surface area contributed by atoms with Gasteiger partial charge in [-0.05, 0) is 69.8 Å². The van der Waals surface area contributed by atoms with Crippen LogP contribution in [-0.2, 0) is 6.42 Å². The number of para-hydroxylation sites is 1. The standard InChI is InChI=1S/C20H30N2O/c1-2-9-20-17(7-1)10-11-19(23-20)16-22-14-4-3-8-18(22)15-21-12-5-6-13-21/h1-2,7,9,18-19H,3-6,8,10-16H2. The molecule has 0 bridgehead atoms. The van der Waals surface area contributed by atoms with Gasteiger partial charge in [-0.1, -0.05) is 24.6 Å². The predicted molar refractivity (Wildman–Crippen MR) is 94.1 cm³/mol. The maximum absolute atomic E-state index is 6.30. The molecule has 0 radical (unpaired) electrons. The summed E-state index contributed by atoms with van der Waals surface area (Å²) in [4.78, 5) is 5.42. The minimum absolute atomic E-state index is 0.379. The van der Waals surface area contributed by atoms with Crippen LogP contribution in [0.5, 0.6) is 5.75 Å². The average Bonchev–Trinajstić information content (AvgIpc) is 3.10. The summed E-state index contributed by atoms with van der Waals surface area (Å²) in [7, 11) is 0. The molecule has 3 heterocycles. The Bertz CT molecular complexity index is 512. The minimum Gasteiger partial charge on any atom is -0.489 e. The summed E-state index contributed by atoms with van der Waals surface area (Å²) in [6.45, 7) is 6.30. The van der Waals surface area contributed by atoms with Crippen LogP contribution < -0.4 is 4.74 Å². The van der Waals surface area contributed by atoms with Crippen molar-refractivity contribution in [3.63, 3.8) is 0 Å². The topological polar surface area (TPSA) is 15.7 Å². The summed E-state index contributed by atoms with van der Waals surface area (Å²) in [6, 6.07) is 9.32. The third-order valence-electron chi connectivity index (χ3n) is 5.86. The lowest BCUT2D eigenvalue weighted by atomic mass is 9.98. The lowest BCUT2D eigenvalue weighted by Crippen LogP contribution is -2.50. The van der Waals surface area contributed by atoms with Gasteiger partial charge in [0.2, 0.25) is 0 Å². The zero-order valence-electron chi connectivity index (χ0n) is 14.3. The lowest BCUT2D eigenvalue weighted by molar-refractivity contribution is 0.0560. The van der Waals surface area contributed by atoms with E-state index in [4.69, 9.17) is 4.74 Å². The highest BCUT2D eigenvalue weighted by Gasteiger charge is 2.29. The number of benzene rings is 1. The molecule has 2 unspecified atom stereocenters. The van der Waals surface area contributed by atoms with Crippen LogP contribution in [-0.4, -0.2) is 54.7 Å². The van der Waals surface area contributed by atoms with Crippen LogP contribution in [0.3, 0.4) is 0 Å². The molecule has 0 saturated carbocycles. The van der Waals surface area contributed by atoms with Gasteiger partial charge in [-0.25, -0.2) is 0 Å². The third-order valence-corrected chi connectivity index (χ3v) is 5.86. The Morgan fingerprint density at radius 3 is 2.65 bits per heavy atom. The molecule has 1 aromatic rings. The molecule has 2 atom stereocenters. The molecule has 3 aliphatic heterocycles. The van der Waals surface area contributed by atoms with Crippen LogP contribution in [0.25, 0.3) is 0 Å². The number of fused-ring (bicyclic) bond motifs is 1. The molecule has 4 rings (SSSR count). The molecular formula is C20H30N2O. The molecule has 0 aromatic heterocycles. The highest BCUT2D eigenvalue weighted by molar-refractivity contribution is 5.35. The molecule has 126 valence electrons. The van der Waals surface area contributed by atoms with Crippen molar-refractivity contribution < 1.29 is 4.74 Å². The van der Waals surface area contributed by atoms with Gasteiger partial charge in [0.1, 0.15) is 11.9 Å². The number of likely N-dealkylation sites (tertiary alicyclic amines) is 2. The smallest absolute Gasteiger partial charge is 0.122 e. The summed E-state index contributed by atoms with van der Waals surface area (Å²) in [5.41, 5.74) is 1.39.